The third-order valence-corrected chi connectivity index (χ3v) is 4.45. The summed E-state index contributed by atoms with van der Waals surface area (Å²) in [4.78, 5) is 14.9. The Balaban J connectivity index is 2.22. The monoisotopic (exact) mass is 323 g/mol. The maximum atomic E-state index is 12.9. The van der Waals surface area contributed by atoms with Crippen LogP contribution >= 0.6 is 0 Å². The molecule has 0 spiro atoms. The summed E-state index contributed by atoms with van der Waals surface area (Å²) >= 11 is 0. The zero-order chi connectivity index (χ0) is 17.2. The predicted molar refractivity (Wildman–Crippen MR) is 101 cm³/mol. The normalized spacial score (nSPS) is 10.8. The number of unbranched alkanes of at least 4 members (excludes halogenated alkanes) is 3. The molecule has 0 heterocycles. The molecule has 128 valence electrons. The van der Waals surface area contributed by atoms with Gasteiger partial charge in [-0.1, -0.05) is 86.8 Å². The SMILES string of the molecule is CCCCCCC(=O)N(CC)C(c1ccccc1)c1ccccc1. The molecule has 0 atom stereocenters. The molecule has 0 aliphatic rings. The highest BCUT2D eigenvalue weighted by Crippen LogP contribution is 2.29. The van der Waals surface area contributed by atoms with Crippen LogP contribution in [0.4, 0.5) is 0 Å². The van der Waals surface area contributed by atoms with E-state index in [1.54, 1.807) is 0 Å². The number of carbonyl (C=O) groups excluding carboxylic acids is 1. The number of nitrogens with zero attached hydrogens (tertiary/aromatic N) is 1. The molecule has 2 heteroatoms. The zero-order valence-electron chi connectivity index (χ0n) is 14.9. The average Bonchev–Trinajstić information content (AvgIpc) is 2.64. The fourth-order valence-corrected chi connectivity index (χ4v) is 3.17. The van der Waals surface area contributed by atoms with Crippen LogP contribution in [0.5, 0.6) is 0 Å². The first kappa shape index (κ1) is 18.3. The minimum absolute atomic E-state index is 0.00363. The van der Waals surface area contributed by atoms with Gasteiger partial charge in [-0.05, 0) is 24.5 Å². The van der Waals surface area contributed by atoms with Gasteiger partial charge >= 0.3 is 0 Å². The Bertz CT molecular complexity index is 554. The van der Waals surface area contributed by atoms with Crippen molar-refractivity contribution < 1.29 is 4.79 Å². The zero-order valence-corrected chi connectivity index (χ0v) is 14.9. The third-order valence-electron chi connectivity index (χ3n) is 4.45. The molecule has 2 aromatic rings. The standard InChI is InChI=1S/C22H29NO/c1-3-5-6-13-18-21(24)23(4-2)22(19-14-9-7-10-15-19)20-16-11-8-12-17-20/h7-12,14-17,22H,3-6,13,18H2,1-2H3. The summed E-state index contributed by atoms with van der Waals surface area (Å²) in [6, 6.07) is 20.7. The lowest BCUT2D eigenvalue weighted by Crippen LogP contribution is -2.35. The van der Waals surface area contributed by atoms with Gasteiger partial charge in [-0.15, -0.1) is 0 Å². The van der Waals surface area contributed by atoms with E-state index in [1.165, 1.54) is 24.0 Å². The van der Waals surface area contributed by atoms with Gasteiger partial charge < -0.3 is 4.90 Å². The van der Waals surface area contributed by atoms with E-state index >= 15 is 0 Å². The van der Waals surface area contributed by atoms with E-state index in [0.717, 1.165) is 19.4 Å². The molecule has 0 N–H and O–H groups in total. The molecule has 0 unspecified atom stereocenters. The largest absolute Gasteiger partial charge is 0.332 e. The quantitative estimate of drug-likeness (QED) is 0.550. The number of benzene rings is 2. The van der Waals surface area contributed by atoms with Gasteiger partial charge in [-0.3, -0.25) is 4.79 Å². The summed E-state index contributed by atoms with van der Waals surface area (Å²) in [5.41, 5.74) is 2.35. The molecule has 0 aliphatic heterocycles. The summed E-state index contributed by atoms with van der Waals surface area (Å²) in [6.07, 6.45) is 5.17. The van der Waals surface area contributed by atoms with Crippen molar-refractivity contribution in [3.63, 3.8) is 0 Å². The Morgan fingerprint density at radius 2 is 1.38 bits per heavy atom. The van der Waals surface area contributed by atoms with Crippen molar-refractivity contribution in [3.05, 3.63) is 71.8 Å². The molecule has 0 bridgehead atoms. The molecule has 0 radical (unpaired) electrons. The molecule has 0 saturated heterocycles. The van der Waals surface area contributed by atoms with Crippen LogP contribution in [-0.4, -0.2) is 17.4 Å². The summed E-state index contributed by atoms with van der Waals surface area (Å²) in [5.74, 6) is 0.256. The summed E-state index contributed by atoms with van der Waals surface area (Å²) in [6.45, 7) is 4.99. The minimum Gasteiger partial charge on any atom is -0.332 e. The molecule has 2 rings (SSSR count). The number of amides is 1. The minimum atomic E-state index is -0.00363. The highest BCUT2D eigenvalue weighted by atomic mass is 16.2. The Morgan fingerprint density at radius 1 is 0.833 bits per heavy atom. The van der Waals surface area contributed by atoms with Crippen LogP contribution in [0, 0.1) is 0 Å². The fraction of sp³-hybridized carbons (Fsp3) is 0.409. The second-order valence-electron chi connectivity index (χ2n) is 6.21. The van der Waals surface area contributed by atoms with Crippen LogP contribution in [0.2, 0.25) is 0 Å². The smallest absolute Gasteiger partial charge is 0.223 e. The van der Waals surface area contributed by atoms with Crippen molar-refractivity contribution in [3.8, 4) is 0 Å². The van der Waals surface area contributed by atoms with Gasteiger partial charge in [0, 0.05) is 13.0 Å². The van der Waals surface area contributed by atoms with E-state index in [0.29, 0.717) is 6.42 Å². The van der Waals surface area contributed by atoms with Crippen LogP contribution in [0.1, 0.15) is 63.1 Å². The fourth-order valence-electron chi connectivity index (χ4n) is 3.17. The van der Waals surface area contributed by atoms with E-state index < -0.39 is 0 Å². The van der Waals surface area contributed by atoms with E-state index in [-0.39, 0.29) is 11.9 Å². The molecular weight excluding hydrogens is 294 g/mol. The van der Waals surface area contributed by atoms with Crippen molar-refractivity contribution >= 4 is 5.91 Å². The van der Waals surface area contributed by atoms with Crippen LogP contribution in [0.3, 0.4) is 0 Å². The molecule has 0 aliphatic carbocycles. The number of hydrogen-bond donors (Lipinski definition) is 0. The molecular formula is C22H29NO. The van der Waals surface area contributed by atoms with Crippen LogP contribution in [0.25, 0.3) is 0 Å². The summed E-state index contributed by atoms with van der Waals surface area (Å²) in [7, 11) is 0. The second-order valence-corrected chi connectivity index (χ2v) is 6.21. The first-order valence-electron chi connectivity index (χ1n) is 9.17. The molecule has 0 saturated carbocycles. The van der Waals surface area contributed by atoms with Crippen LogP contribution in [0.15, 0.2) is 60.7 Å². The number of hydrogen-bond acceptors (Lipinski definition) is 1. The maximum Gasteiger partial charge on any atom is 0.223 e. The Labute approximate surface area is 146 Å². The van der Waals surface area contributed by atoms with Gasteiger partial charge in [0.1, 0.15) is 0 Å². The van der Waals surface area contributed by atoms with E-state index in [9.17, 15) is 4.79 Å². The van der Waals surface area contributed by atoms with E-state index in [2.05, 4.69) is 38.1 Å². The maximum absolute atomic E-state index is 12.9. The van der Waals surface area contributed by atoms with Crippen molar-refractivity contribution in [2.24, 2.45) is 0 Å². The molecule has 2 aromatic carbocycles. The van der Waals surface area contributed by atoms with E-state index in [4.69, 9.17) is 0 Å². The van der Waals surface area contributed by atoms with E-state index in [1.807, 2.05) is 41.3 Å². The highest BCUT2D eigenvalue weighted by molar-refractivity contribution is 5.77. The van der Waals surface area contributed by atoms with Crippen molar-refractivity contribution in [1.82, 2.24) is 4.90 Å². The van der Waals surface area contributed by atoms with Crippen molar-refractivity contribution in [2.75, 3.05) is 6.54 Å². The molecule has 0 aromatic heterocycles. The summed E-state index contributed by atoms with van der Waals surface area (Å²) in [5, 5.41) is 0. The molecule has 2 nitrogen and oxygen atoms in total. The van der Waals surface area contributed by atoms with Gasteiger partial charge in [-0.2, -0.15) is 0 Å². The lowest BCUT2D eigenvalue weighted by Gasteiger charge is -2.32. The topological polar surface area (TPSA) is 20.3 Å². The average molecular weight is 323 g/mol. The Hall–Kier alpha value is -2.09. The predicted octanol–water partition coefficient (Wildman–Crippen LogP) is 5.59. The van der Waals surface area contributed by atoms with Crippen molar-refractivity contribution in [2.45, 2.75) is 52.0 Å². The first-order valence-corrected chi connectivity index (χ1v) is 9.17. The Morgan fingerprint density at radius 3 is 1.83 bits per heavy atom. The Kier molecular flexibility index (Phi) is 7.54. The molecule has 24 heavy (non-hydrogen) atoms. The van der Waals surface area contributed by atoms with Crippen LogP contribution in [-0.2, 0) is 4.79 Å². The summed E-state index contributed by atoms with van der Waals surface area (Å²) < 4.78 is 0. The number of carbonyl (C=O) groups is 1. The van der Waals surface area contributed by atoms with Crippen molar-refractivity contribution in [1.29, 1.82) is 0 Å². The third kappa shape index (κ3) is 4.95. The van der Waals surface area contributed by atoms with Gasteiger partial charge in [0.15, 0.2) is 0 Å². The lowest BCUT2D eigenvalue weighted by molar-refractivity contribution is -0.132. The van der Waals surface area contributed by atoms with Gasteiger partial charge in [-0.25, -0.2) is 0 Å². The second kappa shape index (κ2) is 9.92. The highest BCUT2D eigenvalue weighted by Gasteiger charge is 2.24. The lowest BCUT2D eigenvalue weighted by atomic mass is 9.96. The van der Waals surface area contributed by atoms with Crippen LogP contribution < -0.4 is 0 Å². The van der Waals surface area contributed by atoms with Gasteiger partial charge in [0.05, 0.1) is 6.04 Å². The number of rotatable bonds is 9. The molecule has 0 fully saturated rings. The van der Waals surface area contributed by atoms with Gasteiger partial charge in [0.2, 0.25) is 5.91 Å². The molecule has 1 amide bonds. The van der Waals surface area contributed by atoms with Gasteiger partial charge in [0.25, 0.3) is 0 Å². The first-order chi connectivity index (χ1) is 11.8.